The van der Waals surface area contributed by atoms with Gasteiger partial charge in [0.2, 0.25) is 0 Å². The molecule has 0 saturated carbocycles. The second kappa shape index (κ2) is 9.43. The van der Waals surface area contributed by atoms with Crippen LogP contribution in [0.15, 0.2) is 78.7 Å². The minimum atomic E-state index is -0.688. The van der Waals surface area contributed by atoms with Gasteiger partial charge in [0.05, 0.1) is 0 Å². The maximum absolute atomic E-state index is 13.4. The fourth-order valence-corrected chi connectivity index (χ4v) is 3.33. The molecule has 0 unspecified atom stereocenters. The van der Waals surface area contributed by atoms with Crippen LogP contribution in [0.1, 0.15) is 27.9 Å². The summed E-state index contributed by atoms with van der Waals surface area (Å²) in [5, 5.41) is 5.91. The van der Waals surface area contributed by atoms with Crippen molar-refractivity contribution < 1.29 is 18.3 Å². The monoisotopic (exact) mass is 433 g/mol. The van der Waals surface area contributed by atoms with Gasteiger partial charge in [-0.1, -0.05) is 18.2 Å². The smallest absolute Gasteiger partial charge is 0.251 e. The molecule has 0 spiro atoms. The average Bonchev–Trinajstić information content (AvgIpc) is 3.26. The zero-order valence-electron chi connectivity index (χ0n) is 17.4. The summed E-state index contributed by atoms with van der Waals surface area (Å²) in [6.45, 7) is 1.78. The highest BCUT2D eigenvalue weighted by Crippen LogP contribution is 2.28. The molecule has 1 aliphatic carbocycles. The topological polar surface area (TPSA) is 63.2 Å². The van der Waals surface area contributed by atoms with Crippen molar-refractivity contribution in [1.82, 2.24) is 10.3 Å². The normalized spacial score (nSPS) is 12.4. The summed E-state index contributed by atoms with van der Waals surface area (Å²) in [6, 6.07) is 11.8. The molecule has 3 aromatic rings. The van der Waals surface area contributed by atoms with Gasteiger partial charge in [-0.2, -0.15) is 0 Å². The second-order valence-corrected chi connectivity index (χ2v) is 7.29. The Labute approximate surface area is 184 Å². The summed E-state index contributed by atoms with van der Waals surface area (Å²) in [6.07, 6.45) is 8.62. The molecule has 32 heavy (non-hydrogen) atoms. The number of nitrogens with zero attached hydrogens (tertiary/aromatic N) is 1. The number of hydrogen-bond acceptors (Lipinski definition) is 4. The van der Waals surface area contributed by atoms with Crippen molar-refractivity contribution in [2.24, 2.45) is 0 Å². The zero-order valence-corrected chi connectivity index (χ0v) is 17.4. The third kappa shape index (κ3) is 5.18. The number of allylic oxidation sites excluding steroid dienone is 3. The maximum atomic E-state index is 13.4. The van der Waals surface area contributed by atoms with Gasteiger partial charge in [-0.25, -0.2) is 13.8 Å². The Kier molecular flexibility index (Phi) is 6.26. The van der Waals surface area contributed by atoms with Crippen LogP contribution in [-0.2, 0) is 6.54 Å². The Morgan fingerprint density at radius 2 is 1.94 bits per heavy atom. The van der Waals surface area contributed by atoms with E-state index in [0.717, 1.165) is 18.2 Å². The van der Waals surface area contributed by atoms with Crippen LogP contribution < -0.4 is 15.4 Å². The molecule has 2 N–H and O–H groups in total. The number of carbonyl (C=O) groups excluding carboxylic acids is 1. The first-order valence-electron chi connectivity index (χ1n) is 10.1. The lowest BCUT2D eigenvalue weighted by atomic mass is 10.1. The van der Waals surface area contributed by atoms with Gasteiger partial charge in [-0.15, -0.1) is 0 Å². The van der Waals surface area contributed by atoms with Gasteiger partial charge in [0, 0.05) is 41.7 Å². The molecule has 0 atom stereocenters. The molecule has 1 amide bonds. The molecule has 0 aliphatic heterocycles. The number of halogens is 2. The molecule has 1 aromatic heterocycles. The Bertz CT molecular complexity index is 1200. The highest BCUT2D eigenvalue weighted by molar-refractivity contribution is 5.96. The third-order valence-corrected chi connectivity index (χ3v) is 4.91. The van der Waals surface area contributed by atoms with Gasteiger partial charge in [0.1, 0.15) is 29.0 Å². The molecule has 2 aromatic carbocycles. The van der Waals surface area contributed by atoms with Crippen molar-refractivity contribution in [2.45, 2.75) is 19.9 Å². The fourth-order valence-electron chi connectivity index (χ4n) is 3.33. The first kappa shape index (κ1) is 21.2. The quantitative estimate of drug-likeness (QED) is 0.506. The number of rotatable bonds is 7. The number of pyridine rings is 1. The standard InChI is InChI=1S/C25H21F2N3O2/c1-16-22(25(31)29-15-17-11-18(26)13-19(27)12-17)7-4-8-23(16)32-21-9-10-28-24(14-21)30-20-5-2-3-6-20/h2,4-14H,3,15H2,1H3,(H,28,30)(H,29,31). The molecule has 0 bridgehead atoms. The summed E-state index contributed by atoms with van der Waals surface area (Å²) in [4.78, 5) is 17.0. The minimum Gasteiger partial charge on any atom is -0.457 e. The molecule has 0 radical (unpaired) electrons. The van der Waals surface area contributed by atoms with Gasteiger partial charge in [-0.3, -0.25) is 4.79 Å². The number of anilines is 1. The van der Waals surface area contributed by atoms with E-state index in [0.29, 0.717) is 34.0 Å². The van der Waals surface area contributed by atoms with Gasteiger partial charge >= 0.3 is 0 Å². The Balaban J connectivity index is 1.46. The lowest BCUT2D eigenvalue weighted by Gasteiger charge is -2.13. The largest absolute Gasteiger partial charge is 0.457 e. The number of aromatic nitrogens is 1. The van der Waals surface area contributed by atoms with Crippen molar-refractivity contribution in [3.63, 3.8) is 0 Å². The number of benzene rings is 2. The van der Waals surface area contributed by atoms with Gasteiger partial charge in [0.25, 0.3) is 5.91 Å². The van der Waals surface area contributed by atoms with Crippen molar-refractivity contribution >= 4 is 11.7 Å². The van der Waals surface area contributed by atoms with Crippen LogP contribution >= 0.6 is 0 Å². The van der Waals surface area contributed by atoms with Crippen LogP contribution in [0.2, 0.25) is 0 Å². The number of amides is 1. The average molecular weight is 433 g/mol. The number of hydrogen-bond donors (Lipinski definition) is 2. The van der Waals surface area contributed by atoms with Crippen molar-refractivity contribution in [1.29, 1.82) is 0 Å². The first-order valence-corrected chi connectivity index (χ1v) is 10.1. The van der Waals surface area contributed by atoms with E-state index in [9.17, 15) is 13.6 Å². The van der Waals surface area contributed by atoms with Crippen LogP contribution in [0.3, 0.4) is 0 Å². The molecule has 7 heteroatoms. The molecular weight excluding hydrogens is 412 g/mol. The lowest BCUT2D eigenvalue weighted by molar-refractivity contribution is 0.0950. The van der Waals surface area contributed by atoms with Gasteiger partial charge in [0.15, 0.2) is 0 Å². The van der Waals surface area contributed by atoms with Crippen LogP contribution in [0, 0.1) is 18.6 Å². The van der Waals surface area contributed by atoms with Crippen LogP contribution in [0.25, 0.3) is 0 Å². The molecule has 4 rings (SSSR count). The van der Waals surface area contributed by atoms with Crippen molar-refractivity contribution in [3.05, 3.63) is 107 Å². The Hall–Kier alpha value is -4.00. The van der Waals surface area contributed by atoms with E-state index < -0.39 is 11.6 Å². The van der Waals surface area contributed by atoms with E-state index in [-0.39, 0.29) is 12.5 Å². The van der Waals surface area contributed by atoms with Crippen molar-refractivity contribution in [2.75, 3.05) is 5.32 Å². The Morgan fingerprint density at radius 1 is 1.12 bits per heavy atom. The van der Waals surface area contributed by atoms with Gasteiger partial charge < -0.3 is 15.4 Å². The lowest BCUT2D eigenvalue weighted by Crippen LogP contribution is -2.23. The molecule has 162 valence electrons. The zero-order chi connectivity index (χ0) is 22.5. The predicted molar refractivity (Wildman–Crippen MR) is 118 cm³/mol. The van der Waals surface area contributed by atoms with Crippen LogP contribution in [-0.4, -0.2) is 10.9 Å². The van der Waals surface area contributed by atoms with E-state index in [4.69, 9.17) is 4.74 Å². The second-order valence-electron chi connectivity index (χ2n) is 7.29. The van der Waals surface area contributed by atoms with E-state index in [2.05, 4.69) is 21.7 Å². The minimum absolute atomic E-state index is 0.00171. The summed E-state index contributed by atoms with van der Waals surface area (Å²) in [5.41, 5.74) is 2.36. The maximum Gasteiger partial charge on any atom is 0.251 e. The predicted octanol–water partition coefficient (Wildman–Crippen LogP) is 5.65. The van der Waals surface area contributed by atoms with Crippen LogP contribution in [0.5, 0.6) is 11.5 Å². The van der Waals surface area contributed by atoms with Gasteiger partial charge in [-0.05, 0) is 55.3 Å². The third-order valence-electron chi connectivity index (χ3n) is 4.91. The summed E-state index contributed by atoms with van der Waals surface area (Å²) in [7, 11) is 0. The van der Waals surface area contributed by atoms with Crippen molar-refractivity contribution in [3.8, 4) is 11.5 Å². The molecule has 0 saturated heterocycles. The summed E-state index contributed by atoms with van der Waals surface area (Å²) >= 11 is 0. The summed E-state index contributed by atoms with van der Waals surface area (Å²) in [5.74, 6) is -0.00375. The first-order chi connectivity index (χ1) is 15.5. The number of nitrogens with one attached hydrogen (secondary N) is 2. The van der Waals surface area contributed by atoms with E-state index in [1.54, 1.807) is 43.5 Å². The molecule has 5 nitrogen and oxygen atoms in total. The molecule has 1 aliphatic rings. The molecular formula is C25H21F2N3O2. The van der Waals surface area contributed by atoms with E-state index >= 15 is 0 Å². The molecule has 0 fully saturated rings. The Morgan fingerprint density at radius 3 is 2.69 bits per heavy atom. The molecule has 1 heterocycles. The van der Waals surface area contributed by atoms with E-state index in [1.165, 1.54) is 12.1 Å². The highest BCUT2D eigenvalue weighted by Gasteiger charge is 2.14. The highest BCUT2D eigenvalue weighted by atomic mass is 19.1. The number of ether oxygens (including phenoxy) is 1. The number of carbonyl (C=O) groups is 1. The van der Waals surface area contributed by atoms with E-state index in [1.807, 2.05) is 12.2 Å². The fraction of sp³-hybridized carbons (Fsp3) is 0.120. The van der Waals surface area contributed by atoms with Crippen LogP contribution in [0.4, 0.5) is 14.6 Å². The SMILES string of the molecule is Cc1c(Oc2ccnc(NC3=CCC=C3)c2)cccc1C(=O)NCc1cc(F)cc(F)c1. The summed E-state index contributed by atoms with van der Waals surface area (Å²) < 4.78 is 32.7.